The molecule has 0 saturated heterocycles. The Kier molecular flexibility index (Phi) is 4.99. The first-order valence-corrected chi connectivity index (χ1v) is 5.29. The van der Waals surface area contributed by atoms with Crippen LogP contribution in [0.5, 0.6) is 0 Å². The van der Waals surface area contributed by atoms with E-state index in [2.05, 4.69) is 5.32 Å². The molecule has 0 aliphatic rings. The van der Waals surface area contributed by atoms with Crippen LogP contribution in [0.3, 0.4) is 0 Å². The fraction of sp³-hybridized carbons (Fsp3) is 0.455. The molecule has 0 atom stereocenters. The van der Waals surface area contributed by atoms with Crippen LogP contribution in [0.15, 0.2) is 18.2 Å². The molecule has 0 aliphatic carbocycles. The molecule has 5 nitrogen and oxygen atoms in total. The van der Waals surface area contributed by atoms with E-state index in [1.165, 1.54) is 12.1 Å². The summed E-state index contributed by atoms with van der Waals surface area (Å²) >= 11 is 0. The molecule has 1 aromatic rings. The third kappa shape index (κ3) is 4.46. The molecular weight excluding hydrogens is 225 g/mol. The van der Waals surface area contributed by atoms with Crippen LogP contribution in [0.25, 0.3) is 0 Å². The number of nitrogens with zero attached hydrogens (tertiary/aromatic N) is 2. The van der Waals surface area contributed by atoms with Gasteiger partial charge in [0.2, 0.25) is 5.82 Å². The summed E-state index contributed by atoms with van der Waals surface area (Å²) in [4.78, 5) is 11.7. The summed E-state index contributed by atoms with van der Waals surface area (Å²) in [6.07, 6.45) is 0. The van der Waals surface area contributed by atoms with Gasteiger partial charge in [-0.05, 0) is 25.7 Å². The van der Waals surface area contributed by atoms with Crippen molar-refractivity contribution in [2.24, 2.45) is 0 Å². The van der Waals surface area contributed by atoms with Gasteiger partial charge in [0.25, 0.3) is 0 Å². The van der Waals surface area contributed by atoms with Crippen LogP contribution in [0.1, 0.15) is 5.56 Å². The van der Waals surface area contributed by atoms with Gasteiger partial charge in [-0.15, -0.1) is 0 Å². The second-order valence-corrected chi connectivity index (χ2v) is 4.02. The predicted molar refractivity (Wildman–Crippen MR) is 63.3 cm³/mol. The largest absolute Gasteiger partial charge is 0.311 e. The van der Waals surface area contributed by atoms with E-state index >= 15 is 0 Å². The Hall–Kier alpha value is -1.53. The molecule has 0 aromatic heterocycles. The Morgan fingerprint density at radius 3 is 2.71 bits per heavy atom. The number of hydrogen-bond acceptors (Lipinski definition) is 4. The number of nitro benzene ring substituents is 1. The maximum atomic E-state index is 13.3. The Labute approximate surface area is 99.4 Å². The number of halogens is 1. The lowest BCUT2D eigenvalue weighted by Gasteiger charge is -2.10. The zero-order valence-corrected chi connectivity index (χ0v) is 9.94. The van der Waals surface area contributed by atoms with Crippen molar-refractivity contribution >= 4 is 5.69 Å². The molecule has 0 aliphatic heterocycles. The van der Waals surface area contributed by atoms with Crippen molar-refractivity contribution in [2.45, 2.75) is 6.54 Å². The molecule has 1 aromatic carbocycles. The number of likely N-dealkylation sites (N-methyl/N-ethyl adjacent to an activating group) is 1. The highest BCUT2D eigenvalue weighted by molar-refractivity contribution is 5.34. The summed E-state index contributed by atoms with van der Waals surface area (Å²) in [5.41, 5.74) is 0.217. The third-order valence-electron chi connectivity index (χ3n) is 2.27. The van der Waals surface area contributed by atoms with Crippen LogP contribution in [-0.4, -0.2) is 37.0 Å². The zero-order chi connectivity index (χ0) is 12.8. The van der Waals surface area contributed by atoms with Gasteiger partial charge in [-0.3, -0.25) is 10.1 Å². The van der Waals surface area contributed by atoms with Crippen molar-refractivity contribution in [1.82, 2.24) is 10.2 Å². The van der Waals surface area contributed by atoms with E-state index in [0.29, 0.717) is 12.1 Å². The number of rotatable bonds is 6. The predicted octanol–water partition coefficient (Wildman–Crippen LogP) is 1.39. The van der Waals surface area contributed by atoms with Gasteiger partial charge in [0, 0.05) is 25.7 Å². The highest BCUT2D eigenvalue weighted by atomic mass is 19.1. The maximum absolute atomic E-state index is 13.3. The average Bonchev–Trinajstić information content (AvgIpc) is 2.23. The Morgan fingerprint density at radius 1 is 1.47 bits per heavy atom. The fourth-order valence-corrected chi connectivity index (χ4v) is 1.34. The minimum absolute atomic E-state index is 0.484. The smallest absolute Gasteiger partial charge is 0.304 e. The molecule has 6 heteroatoms. The minimum Gasteiger partial charge on any atom is -0.311 e. The highest BCUT2D eigenvalue weighted by Gasteiger charge is 2.13. The Morgan fingerprint density at radius 2 is 2.18 bits per heavy atom. The molecule has 0 radical (unpaired) electrons. The second kappa shape index (κ2) is 6.27. The number of hydrogen-bond donors (Lipinski definition) is 1. The van der Waals surface area contributed by atoms with Crippen LogP contribution in [-0.2, 0) is 6.54 Å². The average molecular weight is 241 g/mol. The molecule has 1 rings (SSSR count). The van der Waals surface area contributed by atoms with Gasteiger partial charge in [0.05, 0.1) is 4.92 Å². The SMILES string of the molecule is CN(C)CCNCc1ccc([N+](=O)[O-])c(F)c1. The lowest BCUT2D eigenvalue weighted by atomic mass is 10.2. The van der Waals surface area contributed by atoms with E-state index in [0.717, 1.165) is 13.1 Å². The molecular formula is C11H16FN3O2. The summed E-state index contributed by atoms with van der Waals surface area (Å²) in [6, 6.07) is 3.95. The topological polar surface area (TPSA) is 58.4 Å². The summed E-state index contributed by atoms with van der Waals surface area (Å²) < 4.78 is 13.3. The zero-order valence-electron chi connectivity index (χ0n) is 9.94. The van der Waals surface area contributed by atoms with Crippen LogP contribution in [0.2, 0.25) is 0 Å². The van der Waals surface area contributed by atoms with Crippen molar-refractivity contribution < 1.29 is 9.31 Å². The van der Waals surface area contributed by atoms with E-state index in [9.17, 15) is 14.5 Å². The molecule has 0 unspecified atom stereocenters. The fourth-order valence-electron chi connectivity index (χ4n) is 1.34. The van der Waals surface area contributed by atoms with Gasteiger partial charge in [-0.2, -0.15) is 4.39 Å². The normalized spacial score (nSPS) is 10.8. The van der Waals surface area contributed by atoms with E-state index in [1.54, 1.807) is 6.07 Å². The first-order chi connectivity index (χ1) is 8.00. The van der Waals surface area contributed by atoms with Crippen molar-refractivity contribution in [1.29, 1.82) is 0 Å². The van der Waals surface area contributed by atoms with Gasteiger partial charge in [-0.25, -0.2) is 0 Å². The summed E-state index contributed by atoms with van der Waals surface area (Å²) in [5.74, 6) is -0.790. The monoisotopic (exact) mass is 241 g/mol. The summed E-state index contributed by atoms with van der Waals surface area (Å²) in [5, 5.41) is 13.5. The standard InChI is InChI=1S/C11H16FN3O2/c1-14(2)6-5-13-8-9-3-4-11(15(16)17)10(12)7-9/h3-4,7,13H,5-6,8H2,1-2H3. The first-order valence-electron chi connectivity index (χ1n) is 5.29. The number of benzene rings is 1. The van der Waals surface area contributed by atoms with Crippen LogP contribution >= 0.6 is 0 Å². The lowest BCUT2D eigenvalue weighted by molar-refractivity contribution is -0.387. The molecule has 0 saturated carbocycles. The molecule has 0 spiro atoms. The number of nitro groups is 1. The maximum Gasteiger partial charge on any atom is 0.304 e. The highest BCUT2D eigenvalue weighted by Crippen LogP contribution is 2.17. The van der Waals surface area contributed by atoms with Crippen molar-refractivity contribution in [3.63, 3.8) is 0 Å². The minimum atomic E-state index is -0.790. The van der Waals surface area contributed by atoms with Crippen LogP contribution in [0.4, 0.5) is 10.1 Å². The van der Waals surface area contributed by atoms with Gasteiger partial charge in [0.1, 0.15) is 0 Å². The molecule has 94 valence electrons. The molecule has 0 fully saturated rings. The van der Waals surface area contributed by atoms with Crippen molar-refractivity contribution in [3.8, 4) is 0 Å². The van der Waals surface area contributed by atoms with Gasteiger partial charge in [-0.1, -0.05) is 6.07 Å². The molecule has 17 heavy (non-hydrogen) atoms. The Balaban J connectivity index is 2.50. The second-order valence-electron chi connectivity index (χ2n) is 4.02. The van der Waals surface area contributed by atoms with Crippen LogP contribution in [0, 0.1) is 15.9 Å². The molecule has 0 bridgehead atoms. The molecule has 1 N–H and O–H groups in total. The summed E-state index contributed by atoms with van der Waals surface area (Å²) in [6.45, 7) is 2.17. The lowest BCUT2D eigenvalue weighted by Crippen LogP contribution is -2.26. The number of nitrogens with one attached hydrogen (secondary N) is 1. The van der Waals surface area contributed by atoms with Crippen molar-refractivity contribution in [3.05, 3.63) is 39.7 Å². The van der Waals surface area contributed by atoms with Gasteiger partial charge >= 0.3 is 5.69 Å². The van der Waals surface area contributed by atoms with Gasteiger partial charge in [0.15, 0.2) is 0 Å². The van der Waals surface area contributed by atoms with E-state index in [1.807, 2.05) is 19.0 Å². The van der Waals surface area contributed by atoms with E-state index in [4.69, 9.17) is 0 Å². The van der Waals surface area contributed by atoms with Gasteiger partial charge < -0.3 is 10.2 Å². The summed E-state index contributed by atoms with van der Waals surface area (Å²) in [7, 11) is 3.93. The third-order valence-corrected chi connectivity index (χ3v) is 2.27. The quantitative estimate of drug-likeness (QED) is 0.464. The Bertz CT molecular complexity index is 396. The van der Waals surface area contributed by atoms with Crippen molar-refractivity contribution in [2.75, 3.05) is 27.2 Å². The van der Waals surface area contributed by atoms with E-state index < -0.39 is 16.4 Å². The molecule has 0 heterocycles. The van der Waals surface area contributed by atoms with Crippen LogP contribution < -0.4 is 5.32 Å². The first kappa shape index (κ1) is 13.5. The molecule has 0 amide bonds. The van der Waals surface area contributed by atoms with E-state index in [-0.39, 0.29) is 0 Å².